The molecule has 0 atom stereocenters. The van der Waals surface area contributed by atoms with Gasteiger partial charge in [-0.25, -0.2) is 9.79 Å². The summed E-state index contributed by atoms with van der Waals surface area (Å²) >= 11 is 1.24. The normalized spacial score (nSPS) is 11.7. The molecule has 0 bridgehead atoms. The van der Waals surface area contributed by atoms with Gasteiger partial charge in [0.05, 0.1) is 19.9 Å². The van der Waals surface area contributed by atoms with Crippen molar-refractivity contribution < 1.29 is 28.3 Å². The minimum atomic E-state index is -0.756. The Labute approximate surface area is 218 Å². The number of rotatable bonds is 8. The predicted molar refractivity (Wildman–Crippen MR) is 141 cm³/mol. The number of nitrogens with zero attached hydrogens (tertiary/aromatic N) is 5. The van der Waals surface area contributed by atoms with Gasteiger partial charge >= 0.3 is 6.09 Å². The average molecular weight is 526 g/mol. The summed E-state index contributed by atoms with van der Waals surface area (Å²) in [5, 5.41) is 4.26. The van der Waals surface area contributed by atoms with E-state index in [1.165, 1.54) is 30.9 Å². The van der Waals surface area contributed by atoms with E-state index in [1.54, 1.807) is 57.6 Å². The number of thioether (sulfide) groups is 1. The molecule has 0 aliphatic heterocycles. The Hall–Kier alpha value is -4.19. The number of carbonyl (C=O) groups is 2. The summed E-state index contributed by atoms with van der Waals surface area (Å²) in [7, 11) is 6.04. The molecule has 2 amide bonds. The lowest BCUT2D eigenvalue weighted by Crippen LogP contribution is -2.27. The van der Waals surface area contributed by atoms with Crippen molar-refractivity contribution in [3.8, 4) is 22.9 Å². The van der Waals surface area contributed by atoms with E-state index in [0.29, 0.717) is 45.2 Å². The maximum atomic E-state index is 12.0. The highest BCUT2D eigenvalue weighted by Gasteiger charge is 2.18. The fraction of sp³-hybridized carbons (Fsp3) is 0.280. The fourth-order valence-electron chi connectivity index (χ4n) is 2.99. The Morgan fingerprint density at radius 1 is 1.08 bits per heavy atom. The van der Waals surface area contributed by atoms with E-state index in [4.69, 9.17) is 23.7 Å². The third-order valence-electron chi connectivity index (χ3n) is 4.94. The molecule has 1 heterocycles. The lowest BCUT2D eigenvalue weighted by atomic mass is 10.1. The predicted octanol–water partition coefficient (Wildman–Crippen LogP) is 4.17. The second-order valence-corrected chi connectivity index (χ2v) is 8.47. The van der Waals surface area contributed by atoms with Gasteiger partial charge in [0.2, 0.25) is 11.7 Å². The van der Waals surface area contributed by atoms with E-state index in [9.17, 15) is 9.59 Å². The number of methoxy groups -OCH3 is 2. The Morgan fingerprint density at radius 2 is 1.81 bits per heavy atom. The summed E-state index contributed by atoms with van der Waals surface area (Å²) < 4.78 is 20.9. The Kier molecular flexibility index (Phi) is 9.39. The van der Waals surface area contributed by atoms with Gasteiger partial charge in [0.15, 0.2) is 18.1 Å². The number of hydrogen-bond acceptors (Lipinski definition) is 10. The summed E-state index contributed by atoms with van der Waals surface area (Å²) in [5.74, 6) is 1.52. The van der Waals surface area contributed by atoms with Crippen LogP contribution in [0.15, 0.2) is 57.0 Å². The highest BCUT2D eigenvalue weighted by atomic mass is 32.2. The fourth-order valence-corrected chi connectivity index (χ4v) is 3.52. The van der Waals surface area contributed by atoms with Crippen LogP contribution in [0.5, 0.6) is 11.5 Å². The van der Waals surface area contributed by atoms with Crippen LogP contribution in [0.4, 0.5) is 10.5 Å². The topological polar surface area (TPSA) is 129 Å². The molecule has 2 aromatic carbocycles. The van der Waals surface area contributed by atoms with Crippen molar-refractivity contribution in [3.63, 3.8) is 0 Å². The van der Waals surface area contributed by atoms with Crippen molar-refractivity contribution in [2.24, 2.45) is 9.98 Å². The van der Waals surface area contributed by atoms with Gasteiger partial charge in [-0.05, 0) is 48.7 Å². The molecule has 0 N–H and O–H groups in total. The molecule has 37 heavy (non-hydrogen) atoms. The number of hydrogen-bond donors (Lipinski definition) is 0. The number of aryl methyl sites for hydroxylation is 1. The van der Waals surface area contributed by atoms with Crippen molar-refractivity contribution in [1.82, 2.24) is 15.0 Å². The maximum absolute atomic E-state index is 12.0. The number of carbonyl (C=O) groups excluding carboxylic acids is 2. The minimum Gasteiger partial charge on any atom is -0.493 e. The highest BCUT2D eigenvalue weighted by Crippen LogP contribution is 2.30. The van der Waals surface area contributed by atoms with Crippen LogP contribution in [-0.2, 0) is 9.53 Å². The van der Waals surface area contributed by atoms with Gasteiger partial charge < -0.3 is 23.6 Å². The molecular weight excluding hydrogens is 498 g/mol. The smallest absolute Gasteiger partial charge is 0.434 e. The first-order valence-electron chi connectivity index (χ1n) is 11.0. The molecule has 3 rings (SSSR count). The highest BCUT2D eigenvalue weighted by molar-refractivity contribution is 8.15. The molecule has 0 saturated heterocycles. The van der Waals surface area contributed by atoms with Crippen LogP contribution in [-0.4, -0.2) is 79.0 Å². The third-order valence-corrected chi connectivity index (χ3v) is 5.62. The summed E-state index contributed by atoms with van der Waals surface area (Å²) in [4.78, 5) is 38.4. The van der Waals surface area contributed by atoms with Crippen LogP contribution in [0.25, 0.3) is 11.4 Å². The number of aliphatic imine (C=N–C) groups is 2. The van der Waals surface area contributed by atoms with Crippen LogP contribution in [0.1, 0.15) is 11.5 Å². The lowest BCUT2D eigenvalue weighted by Gasteiger charge is -2.15. The molecular formula is C25H27N5O6S. The number of benzene rings is 2. The molecule has 0 fully saturated rings. The van der Waals surface area contributed by atoms with E-state index in [2.05, 4.69) is 15.1 Å². The van der Waals surface area contributed by atoms with Gasteiger partial charge in [-0.3, -0.25) is 4.79 Å². The number of ether oxygens (including phenoxy) is 3. The lowest BCUT2D eigenvalue weighted by molar-refractivity contribution is -0.130. The average Bonchev–Trinajstić information content (AvgIpc) is 3.35. The molecule has 3 aromatic rings. The quantitative estimate of drug-likeness (QED) is 0.314. The van der Waals surface area contributed by atoms with Gasteiger partial charge in [0.25, 0.3) is 5.91 Å². The zero-order valence-corrected chi connectivity index (χ0v) is 22.2. The van der Waals surface area contributed by atoms with E-state index in [1.807, 2.05) is 12.1 Å². The van der Waals surface area contributed by atoms with Crippen molar-refractivity contribution in [2.45, 2.75) is 6.92 Å². The van der Waals surface area contributed by atoms with Crippen LogP contribution in [0, 0.1) is 6.92 Å². The standard InChI is InChI=1S/C25H27N5O6S/c1-15-26-23(29-36-15)16-7-10-18(11-8-16)27-22(24(37-6)28-25(32)34-5)17-9-12-19(20(13-17)33-4)35-14-21(31)30(2)3/h7-13H,14H2,1-6H3/b27-22?,28-24-. The van der Waals surface area contributed by atoms with Crippen molar-refractivity contribution in [1.29, 1.82) is 0 Å². The molecule has 0 aliphatic carbocycles. The zero-order chi connectivity index (χ0) is 26.9. The van der Waals surface area contributed by atoms with Crippen molar-refractivity contribution in [2.75, 3.05) is 41.2 Å². The maximum Gasteiger partial charge on any atom is 0.434 e. The molecule has 0 aliphatic rings. The molecule has 0 spiro atoms. The second-order valence-electron chi connectivity index (χ2n) is 7.68. The number of aromatic nitrogens is 2. The molecule has 11 nitrogen and oxygen atoms in total. The first-order chi connectivity index (χ1) is 17.7. The minimum absolute atomic E-state index is 0.143. The van der Waals surface area contributed by atoms with Crippen molar-refractivity contribution >= 4 is 40.2 Å². The van der Waals surface area contributed by atoms with Gasteiger partial charge in [-0.2, -0.15) is 9.98 Å². The van der Waals surface area contributed by atoms with Gasteiger partial charge in [-0.15, -0.1) is 11.8 Å². The Bertz CT molecular complexity index is 1320. The van der Waals surface area contributed by atoms with Gasteiger partial charge in [0.1, 0.15) is 10.8 Å². The van der Waals surface area contributed by atoms with E-state index in [-0.39, 0.29) is 12.5 Å². The van der Waals surface area contributed by atoms with Gasteiger partial charge in [-0.1, -0.05) is 5.16 Å². The molecule has 0 radical (unpaired) electrons. The van der Waals surface area contributed by atoms with Gasteiger partial charge in [0, 0.05) is 32.1 Å². The van der Waals surface area contributed by atoms with Crippen LogP contribution < -0.4 is 9.47 Å². The van der Waals surface area contributed by atoms with E-state index in [0.717, 1.165) is 5.56 Å². The second kappa shape index (κ2) is 12.7. The number of likely N-dealkylation sites (N-methyl/N-ethyl adjacent to an activating group) is 1. The SMILES string of the molecule is COC(=O)/N=C(\SC)C(=Nc1ccc(-c2noc(C)n2)cc1)c1ccc(OCC(=O)N(C)C)c(OC)c1. The van der Waals surface area contributed by atoms with E-state index < -0.39 is 6.09 Å². The third kappa shape index (κ3) is 7.17. The zero-order valence-electron chi connectivity index (χ0n) is 21.3. The number of amides is 2. The van der Waals surface area contributed by atoms with Crippen LogP contribution >= 0.6 is 11.8 Å². The van der Waals surface area contributed by atoms with Crippen LogP contribution in [0.3, 0.4) is 0 Å². The van der Waals surface area contributed by atoms with Crippen LogP contribution in [0.2, 0.25) is 0 Å². The monoisotopic (exact) mass is 525 g/mol. The first-order valence-corrected chi connectivity index (χ1v) is 12.2. The first kappa shape index (κ1) is 27.4. The molecule has 12 heteroatoms. The van der Waals surface area contributed by atoms with E-state index >= 15 is 0 Å². The Balaban J connectivity index is 2.03. The Morgan fingerprint density at radius 3 is 2.38 bits per heavy atom. The molecule has 0 unspecified atom stereocenters. The molecule has 194 valence electrons. The molecule has 1 aromatic heterocycles. The largest absolute Gasteiger partial charge is 0.493 e. The summed E-state index contributed by atoms with van der Waals surface area (Å²) in [6.07, 6.45) is 1.02. The summed E-state index contributed by atoms with van der Waals surface area (Å²) in [5.41, 5.74) is 2.39. The molecule has 0 saturated carbocycles. The summed E-state index contributed by atoms with van der Waals surface area (Å²) in [6, 6.07) is 12.3. The van der Waals surface area contributed by atoms with Crippen molar-refractivity contribution in [3.05, 3.63) is 53.9 Å². The summed E-state index contributed by atoms with van der Waals surface area (Å²) in [6.45, 7) is 1.58.